The van der Waals surface area contributed by atoms with E-state index in [0.29, 0.717) is 44.2 Å². The standard InChI is InChI=1S/C21H23ClN4O3S/c1-14-23-17(13-30-14)11-21(27)26-6-8-29-20(12-26)19-10-16(24-25-19)5-7-28-18-4-2-3-15(22)9-18/h2-4,9-10,13,20H,5-8,11-12H2,1H3,(H,24,25)/t20-/m1/s1. The molecule has 1 amide bonds. The van der Waals surface area contributed by atoms with Crippen LogP contribution in [0.3, 0.4) is 0 Å². The second-order valence-electron chi connectivity index (χ2n) is 7.11. The molecule has 1 aromatic carbocycles. The Morgan fingerprint density at radius 1 is 1.43 bits per heavy atom. The molecule has 0 unspecified atom stereocenters. The van der Waals surface area contributed by atoms with Crippen molar-refractivity contribution in [3.05, 3.63) is 62.8 Å². The number of aryl methyl sites for hydroxylation is 1. The Morgan fingerprint density at radius 2 is 2.33 bits per heavy atom. The molecule has 2 aromatic heterocycles. The van der Waals surface area contributed by atoms with Crippen molar-refractivity contribution in [2.75, 3.05) is 26.3 Å². The molecule has 30 heavy (non-hydrogen) atoms. The summed E-state index contributed by atoms with van der Waals surface area (Å²) in [6.45, 7) is 4.02. The lowest BCUT2D eigenvalue weighted by Gasteiger charge is -2.32. The summed E-state index contributed by atoms with van der Waals surface area (Å²) >= 11 is 7.53. The number of morpholine rings is 1. The van der Waals surface area contributed by atoms with Gasteiger partial charge in [-0.1, -0.05) is 17.7 Å². The van der Waals surface area contributed by atoms with Gasteiger partial charge in [0.05, 0.1) is 42.6 Å². The molecule has 1 saturated heterocycles. The van der Waals surface area contributed by atoms with Crippen LogP contribution in [0.15, 0.2) is 35.7 Å². The van der Waals surface area contributed by atoms with Gasteiger partial charge >= 0.3 is 0 Å². The third-order valence-electron chi connectivity index (χ3n) is 4.83. The van der Waals surface area contributed by atoms with Crippen molar-refractivity contribution in [1.29, 1.82) is 0 Å². The number of halogens is 1. The van der Waals surface area contributed by atoms with Crippen LogP contribution >= 0.6 is 22.9 Å². The lowest BCUT2D eigenvalue weighted by molar-refractivity contribution is -0.138. The minimum absolute atomic E-state index is 0.0688. The number of carbonyl (C=O) groups is 1. The van der Waals surface area contributed by atoms with Crippen LogP contribution in [0.25, 0.3) is 0 Å². The highest BCUT2D eigenvalue weighted by Gasteiger charge is 2.27. The largest absolute Gasteiger partial charge is 0.493 e. The summed E-state index contributed by atoms with van der Waals surface area (Å²) in [4.78, 5) is 18.9. The second kappa shape index (κ2) is 9.59. The Balaban J connectivity index is 1.29. The molecule has 4 rings (SSSR count). The topological polar surface area (TPSA) is 80.3 Å². The molecule has 3 heterocycles. The number of aromatic nitrogens is 3. The highest BCUT2D eigenvalue weighted by atomic mass is 35.5. The summed E-state index contributed by atoms with van der Waals surface area (Å²) in [5.74, 6) is 0.807. The number of ether oxygens (including phenoxy) is 2. The zero-order chi connectivity index (χ0) is 20.9. The quantitative estimate of drug-likeness (QED) is 0.599. The number of nitrogens with zero attached hydrogens (tertiary/aromatic N) is 3. The summed E-state index contributed by atoms with van der Waals surface area (Å²) in [6, 6.07) is 9.30. The van der Waals surface area contributed by atoms with Crippen molar-refractivity contribution in [3.8, 4) is 5.75 Å². The highest BCUT2D eigenvalue weighted by molar-refractivity contribution is 7.09. The summed E-state index contributed by atoms with van der Waals surface area (Å²) in [7, 11) is 0. The fraction of sp³-hybridized carbons (Fsp3) is 0.381. The van der Waals surface area contributed by atoms with Crippen LogP contribution in [-0.2, 0) is 22.4 Å². The molecular weight excluding hydrogens is 424 g/mol. The highest BCUT2D eigenvalue weighted by Crippen LogP contribution is 2.22. The third kappa shape index (κ3) is 5.38. The van der Waals surface area contributed by atoms with E-state index < -0.39 is 0 Å². The first-order valence-corrected chi connectivity index (χ1v) is 11.1. The predicted octanol–water partition coefficient (Wildman–Crippen LogP) is 3.59. The fourth-order valence-corrected chi connectivity index (χ4v) is 4.11. The van der Waals surface area contributed by atoms with Crippen LogP contribution in [0.4, 0.5) is 0 Å². The first kappa shape index (κ1) is 20.8. The first-order valence-electron chi connectivity index (χ1n) is 9.80. The van der Waals surface area contributed by atoms with Gasteiger partial charge in [0, 0.05) is 29.1 Å². The lowest BCUT2D eigenvalue weighted by atomic mass is 10.1. The number of rotatable bonds is 7. The zero-order valence-electron chi connectivity index (χ0n) is 16.6. The number of thiazole rings is 1. The van der Waals surface area contributed by atoms with E-state index in [-0.39, 0.29) is 12.0 Å². The molecule has 1 fully saturated rings. The first-order chi connectivity index (χ1) is 14.6. The van der Waals surface area contributed by atoms with Crippen molar-refractivity contribution in [2.24, 2.45) is 0 Å². The van der Waals surface area contributed by atoms with Crippen molar-refractivity contribution in [2.45, 2.75) is 25.9 Å². The van der Waals surface area contributed by atoms with Crippen LogP contribution < -0.4 is 4.74 Å². The Morgan fingerprint density at radius 3 is 3.13 bits per heavy atom. The SMILES string of the molecule is Cc1nc(CC(=O)N2CCO[C@@H](c3cc(CCOc4cccc(Cl)c4)[nH]n3)C2)cs1. The monoisotopic (exact) mass is 446 g/mol. The third-order valence-corrected chi connectivity index (χ3v) is 5.89. The van der Waals surface area contributed by atoms with Crippen molar-refractivity contribution in [1.82, 2.24) is 20.1 Å². The lowest BCUT2D eigenvalue weighted by Crippen LogP contribution is -2.43. The van der Waals surface area contributed by atoms with Gasteiger partial charge in [0.25, 0.3) is 0 Å². The average molecular weight is 447 g/mol. The van der Waals surface area contributed by atoms with E-state index in [1.807, 2.05) is 41.5 Å². The molecule has 0 bridgehead atoms. The van der Waals surface area contributed by atoms with E-state index in [2.05, 4.69) is 15.2 Å². The number of nitrogens with one attached hydrogen (secondary N) is 1. The number of benzene rings is 1. The van der Waals surface area contributed by atoms with E-state index in [9.17, 15) is 4.79 Å². The molecule has 158 valence electrons. The van der Waals surface area contributed by atoms with Crippen LogP contribution in [-0.4, -0.2) is 52.3 Å². The minimum atomic E-state index is -0.237. The van der Waals surface area contributed by atoms with Crippen molar-refractivity contribution in [3.63, 3.8) is 0 Å². The van der Waals surface area contributed by atoms with Gasteiger partial charge in [-0.15, -0.1) is 11.3 Å². The number of hydrogen-bond donors (Lipinski definition) is 1. The fourth-order valence-electron chi connectivity index (χ4n) is 3.32. The van der Waals surface area contributed by atoms with Gasteiger partial charge in [-0.2, -0.15) is 5.10 Å². The molecule has 1 N–H and O–H groups in total. The molecule has 1 aliphatic heterocycles. The summed E-state index contributed by atoms with van der Waals surface area (Å²) in [5.41, 5.74) is 2.58. The Hall–Kier alpha value is -2.42. The number of carbonyl (C=O) groups excluding carboxylic acids is 1. The number of hydrogen-bond acceptors (Lipinski definition) is 6. The van der Waals surface area contributed by atoms with Gasteiger partial charge in [-0.05, 0) is 31.2 Å². The van der Waals surface area contributed by atoms with Crippen molar-refractivity contribution < 1.29 is 14.3 Å². The molecule has 0 spiro atoms. The van der Waals surface area contributed by atoms with Crippen LogP contribution in [0.5, 0.6) is 5.75 Å². The second-order valence-corrected chi connectivity index (χ2v) is 8.61. The number of H-pyrrole nitrogens is 1. The van der Waals surface area contributed by atoms with Gasteiger partial charge in [-0.3, -0.25) is 9.89 Å². The molecule has 0 radical (unpaired) electrons. The maximum absolute atomic E-state index is 12.6. The molecule has 0 aliphatic carbocycles. The smallest absolute Gasteiger partial charge is 0.228 e. The van der Waals surface area contributed by atoms with Gasteiger partial charge in [-0.25, -0.2) is 4.98 Å². The van der Waals surface area contributed by atoms with E-state index in [1.54, 1.807) is 17.4 Å². The Bertz CT molecular complexity index is 1010. The van der Waals surface area contributed by atoms with E-state index in [4.69, 9.17) is 21.1 Å². The van der Waals surface area contributed by atoms with Crippen molar-refractivity contribution >= 4 is 28.8 Å². The zero-order valence-corrected chi connectivity index (χ0v) is 18.2. The molecule has 1 atom stereocenters. The minimum Gasteiger partial charge on any atom is -0.493 e. The predicted molar refractivity (Wildman–Crippen MR) is 115 cm³/mol. The van der Waals surface area contributed by atoms with Gasteiger partial charge in [0.2, 0.25) is 5.91 Å². The van der Waals surface area contributed by atoms with E-state index >= 15 is 0 Å². The van der Waals surface area contributed by atoms with Gasteiger partial charge in [0.15, 0.2) is 0 Å². The molecule has 1 aliphatic rings. The summed E-state index contributed by atoms with van der Waals surface area (Å²) < 4.78 is 11.6. The number of amides is 1. The van der Waals surface area contributed by atoms with Crippen LogP contribution in [0.2, 0.25) is 5.02 Å². The van der Waals surface area contributed by atoms with E-state index in [0.717, 1.165) is 27.8 Å². The van der Waals surface area contributed by atoms with Gasteiger partial charge < -0.3 is 14.4 Å². The normalized spacial score (nSPS) is 16.6. The molecule has 7 nitrogen and oxygen atoms in total. The van der Waals surface area contributed by atoms with Crippen LogP contribution in [0.1, 0.15) is 28.2 Å². The Kier molecular flexibility index (Phi) is 6.66. The maximum atomic E-state index is 12.6. The average Bonchev–Trinajstić information content (AvgIpc) is 3.37. The summed E-state index contributed by atoms with van der Waals surface area (Å²) in [5, 5.41) is 11.0. The maximum Gasteiger partial charge on any atom is 0.228 e. The Labute approximate surface area is 184 Å². The molecule has 0 saturated carbocycles. The molecule has 3 aromatic rings. The molecular formula is C21H23ClN4O3S. The van der Waals surface area contributed by atoms with Crippen LogP contribution in [0, 0.1) is 6.92 Å². The molecule has 9 heteroatoms. The van der Waals surface area contributed by atoms with E-state index in [1.165, 1.54) is 0 Å². The number of aromatic amines is 1. The summed E-state index contributed by atoms with van der Waals surface area (Å²) in [6.07, 6.45) is 0.764. The van der Waals surface area contributed by atoms with Gasteiger partial charge in [0.1, 0.15) is 11.9 Å².